The number of carbonyl (C=O) groups excluding carboxylic acids is 1. The van der Waals surface area contributed by atoms with Crippen LogP contribution >= 0.6 is 19.9 Å². The van der Waals surface area contributed by atoms with Crippen molar-refractivity contribution in [2.75, 3.05) is 18.3 Å². The van der Waals surface area contributed by atoms with Crippen molar-refractivity contribution in [1.82, 2.24) is 0 Å². The van der Waals surface area contributed by atoms with E-state index in [1.807, 2.05) is 12.5 Å². The van der Waals surface area contributed by atoms with Crippen LogP contribution < -0.4 is 11.5 Å². The van der Waals surface area contributed by atoms with Crippen molar-refractivity contribution in [2.45, 2.75) is 12.5 Å². The fourth-order valence-electron chi connectivity index (χ4n) is 0.549. The van der Waals surface area contributed by atoms with Gasteiger partial charge >= 0.3 is 0 Å². The SMILES string of the molecule is CS(C)(Cl)CCC(N)C(N)=O. The lowest BCUT2D eigenvalue weighted by atomic mass is 10.2. The Hall–Kier alpha value is 0.0700. The van der Waals surface area contributed by atoms with Gasteiger partial charge in [0.2, 0.25) is 5.91 Å². The predicted octanol–water partition coefficient (Wildman–Crippen LogP) is 0.407. The van der Waals surface area contributed by atoms with Crippen LogP contribution in [-0.2, 0) is 4.79 Å². The molecule has 0 aromatic rings. The minimum absolute atomic E-state index is 0.453. The van der Waals surface area contributed by atoms with Crippen LogP contribution in [0.5, 0.6) is 0 Å². The third-order valence-electron chi connectivity index (χ3n) is 1.28. The van der Waals surface area contributed by atoms with E-state index in [1.54, 1.807) is 0 Å². The summed E-state index contributed by atoms with van der Waals surface area (Å²) in [4.78, 5) is 10.5. The van der Waals surface area contributed by atoms with Gasteiger partial charge in [0.05, 0.1) is 6.04 Å². The van der Waals surface area contributed by atoms with Crippen LogP contribution in [-0.4, -0.2) is 30.2 Å². The van der Waals surface area contributed by atoms with Crippen molar-refractivity contribution in [3.05, 3.63) is 0 Å². The molecule has 0 aliphatic rings. The second-order valence-electron chi connectivity index (χ2n) is 2.90. The first kappa shape index (κ1) is 11.1. The minimum Gasteiger partial charge on any atom is -0.368 e. The summed E-state index contributed by atoms with van der Waals surface area (Å²) in [5, 5.41) is 0. The molecule has 0 aromatic carbocycles. The van der Waals surface area contributed by atoms with Gasteiger partial charge in [-0.1, -0.05) is 10.7 Å². The molecular weight excluding hydrogens is 184 g/mol. The van der Waals surface area contributed by atoms with Gasteiger partial charge in [-0.3, -0.25) is 4.79 Å². The Morgan fingerprint density at radius 1 is 1.64 bits per heavy atom. The van der Waals surface area contributed by atoms with Gasteiger partial charge in [-0.2, -0.15) is 9.24 Å². The number of hydrogen-bond donors (Lipinski definition) is 2. The van der Waals surface area contributed by atoms with Gasteiger partial charge in [0.1, 0.15) is 0 Å². The van der Waals surface area contributed by atoms with E-state index in [-0.39, 0.29) is 0 Å². The first-order valence-corrected chi connectivity index (χ1v) is 6.73. The summed E-state index contributed by atoms with van der Waals surface area (Å²) in [7, 11) is 4.89. The van der Waals surface area contributed by atoms with E-state index < -0.39 is 21.2 Å². The maximum atomic E-state index is 10.5. The van der Waals surface area contributed by atoms with Crippen molar-refractivity contribution >= 4 is 25.8 Å². The standard InChI is InChI=1S/C6H15ClN2OS/c1-11(2,7)4-3-5(8)6(9)10/h5H,3-4,8H2,1-2H3,(H2,9,10). The molecule has 0 aromatic heterocycles. The minimum atomic E-state index is -1.07. The molecule has 11 heavy (non-hydrogen) atoms. The maximum Gasteiger partial charge on any atom is 0.234 e. The van der Waals surface area contributed by atoms with E-state index in [2.05, 4.69) is 0 Å². The molecular formula is C6H15ClN2OS. The Bertz CT molecular complexity index is 146. The number of halogens is 1. The van der Waals surface area contributed by atoms with E-state index in [9.17, 15) is 4.79 Å². The highest BCUT2D eigenvalue weighted by molar-refractivity contribution is 8.50. The number of rotatable bonds is 4. The number of carbonyl (C=O) groups is 1. The van der Waals surface area contributed by atoms with Gasteiger partial charge in [0, 0.05) is 0 Å². The maximum absolute atomic E-state index is 10.5. The van der Waals surface area contributed by atoms with Gasteiger partial charge in [-0.05, 0) is 24.7 Å². The summed E-state index contributed by atoms with van der Waals surface area (Å²) in [6, 6.07) is -0.541. The molecule has 5 heteroatoms. The second kappa shape index (κ2) is 4.18. The highest BCUT2D eigenvalue weighted by Crippen LogP contribution is 2.45. The predicted molar refractivity (Wildman–Crippen MR) is 51.9 cm³/mol. The number of nitrogens with two attached hydrogens (primary N) is 2. The quantitative estimate of drug-likeness (QED) is 0.687. The molecule has 0 radical (unpaired) electrons. The van der Waals surface area contributed by atoms with E-state index in [0.29, 0.717) is 6.42 Å². The summed E-state index contributed by atoms with van der Waals surface area (Å²) in [6.45, 7) is 0. The summed E-state index contributed by atoms with van der Waals surface area (Å²) in [5.41, 5.74) is 10.4. The van der Waals surface area contributed by atoms with Gasteiger partial charge in [-0.25, -0.2) is 0 Å². The van der Waals surface area contributed by atoms with Crippen LogP contribution in [0.3, 0.4) is 0 Å². The fraction of sp³-hybridized carbons (Fsp3) is 0.833. The fourth-order valence-corrected chi connectivity index (χ4v) is 1.63. The number of hydrogen-bond acceptors (Lipinski definition) is 2. The Kier molecular flexibility index (Phi) is 4.21. The lowest BCUT2D eigenvalue weighted by molar-refractivity contribution is -0.119. The third kappa shape index (κ3) is 6.47. The van der Waals surface area contributed by atoms with E-state index >= 15 is 0 Å². The molecule has 0 heterocycles. The Balaban J connectivity index is 3.63. The molecule has 0 saturated carbocycles. The van der Waals surface area contributed by atoms with Gasteiger partial charge in [0.25, 0.3) is 0 Å². The third-order valence-corrected chi connectivity index (χ3v) is 2.95. The average molecular weight is 199 g/mol. The normalized spacial score (nSPS) is 16.0. The molecule has 0 bridgehead atoms. The van der Waals surface area contributed by atoms with Crippen molar-refractivity contribution in [3.8, 4) is 0 Å². The first-order chi connectivity index (χ1) is 4.83. The molecule has 0 aliphatic carbocycles. The zero-order valence-corrected chi connectivity index (χ0v) is 8.41. The summed E-state index contributed by atoms with van der Waals surface area (Å²) in [5.74, 6) is 0.323. The molecule has 0 saturated heterocycles. The lowest BCUT2D eigenvalue weighted by Gasteiger charge is -2.22. The monoisotopic (exact) mass is 198 g/mol. The van der Waals surface area contributed by atoms with Crippen LogP contribution in [0.15, 0.2) is 0 Å². The van der Waals surface area contributed by atoms with Gasteiger partial charge in [0.15, 0.2) is 0 Å². The largest absolute Gasteiger partial charge is 0.368 e. The Morgan fingerprint density at radius 3 is 2.36 bits per heavy atom. The summed E-state index contributed by atoms with van der Waals surface area (Å²) >= 11 is 0. The smallest absolute Gasteiger partial charge is 0.234 e. The van der Waals surface area contributed by atoms with E-state index in [1.165, 1.54) is 0 Å². The zero-order chi connectivity index (χ0) is 9.07. The molecule has 68 valence electrons. The molecule has 4 N–H and O–H groups in total. The van der Waals surface area contributed by atoms with Crippen LogP contribution in [0.2, 0.25) is 0 Å². The van der Waals surface area contributed by atoms with Crippen molar-refractivity contribution in [1.29, 1.82) is 0 Å². The topological polar surface area (TPSA) is 69.1 Å². The number of primary amides is 1. The molecule has 0 spiro atoms. The lowest BCUT2D eigenvalue weighted by Crippen LogP contribution is -2.37. The zero-order valence-electron chi connectivity index (χ0n) is 6.84. The van der Waals surface area contributed by atoms with Crippen LogP contribution in [0, 0.1) is 0 Å². The second-order valence-corrected chi connectivity index (χ2v) is 8.63. The van der Waals surface area contributed by atoms with Crippen LogP contribution in [0.1, 0.15) is 6.42 Å². The molecule has 3 nitrogen and oxygen atoms in total. The molecule has 0 aliphatic heterocycles. The molecule has 1 unspecified atom stereocenters. The van der Waals surface area contributed by atoms with Crippen molar-refractivity contribution in [2.24, 2.45) is 11.5 Å². The number of amides is 1. The average Bonchev–Trinajstić information content (AvgIpc) is 1.80. The van der Waals surface area contributed by atoms with Gasteiger partial charge < -0.3 is 11.5 Å². The molecule has 1 atom stereocenters. The van der Waals surface area contributed by atoms with Crippen molar-refractivity contribution < 1.29 is 4.79 Å². The Labute approximate surface area is 73.3 Å². The first-order valence-electron chi connectivity index (χ1n) is 3.28. The van der Waals surface area contributed by atoms with Gasteiger partial charge in [-0.15, -0.1) is 0 Å². The van der Waals surface area contributed by atoms with E-state index in [0.717, 1.165) is 5.75 Å². The van der Waals surface area contributed by atoms with E-state index in [4.69, 9.17) is 22.1 Å². The Morgan fingerprint density at radius 2 is 2.09 bits per heavy atom. The van der Waals surface area contributed by atoms with Crippen molar-refractivity contribution in [3.63, 3.8) is 0 Å². The highest BCUT2D eigenvalue weighted by atomic mass is 35.7. The highest BCUT2D eigenvalue weighted by Gasteiger charge is 2.13. The van der Waals surface area contributed by atoms with Crippen LogP contribution in [0.25, 0.3) is 0 Å². The molecule has 1 amide bonds. The molecule has 0 rings (SSSR count). The summed E-state index contributed by atoms with van der Waals surface area (Å²) < 4.78 is 0. The molecule has 0 fully saturated rings. The van der Waals surface area contributed by atoms with Crippen LogP contribution in [0.4, 0.5) is 0 Å². The summed E-state index contributed by atoms with van der Waals surface area (Å²) in [6.07, 6.45) is 4.51.